The predicted octanol–water partition coefficient (Wildman–Crippen LogP) is 2.92. The van der Waals surface area contributed by atoms with E-state index >= 15 is 0 Å². The highest BCUT2D eigenvalue weighted by molar-refractivity contribution is 5.96. The van der Waals surface area contributed by atoms with Crippen molar-refractivity contribution in [3.05, 3.63) is 11.6 Å². The summed E-state index contributed by atoms with van der Waals surface area (Å²) in [6.07, 6.45) is 5.57. The molecule has 1 unspecified atom stereocenters. The summed E-state index contributed by atoms with van der Waals surface area (Å²) < 4.78 is 0. The molecule has 2 aliphatic carbocycles. The van der Waals surface area contributed by atoms with E-state index in [1.807, 2.05) is 0 Å². The quantitative estimate of drug-likeness (QED) is 0.637. The van der Waals surface area contributed by atoms with Gasteiger partial charge in [-0.15, -0.1) is 0 Å². The van der Waals surface area contributed by atoms with Crippen molar-refractivity contribution < 1.29 is 9.59 Å². The minimum absolute atomic E-state index is 0.0311. The Bertz CT molecular complexity index is 367. The van der Waals surface area contributed by atoms with E-state index in [2.05, 4.69) is 19.9 Å². The van der Waals surface area contributed by atoms with Gasteiger partial charge in [0.05, 0.1) is 5.41 Å². The second-order valence-corrected chi connectivity index (χ2v) is 5.48. The summed E-state index contributed by atoms with van der Waals surface area (Å²) in [6, 6.07) is 0. The third-order valence-corrected chi connectivity index (χ3v) is 4.67. The van der Waals surface area contributed by atoms with Crippen molar-refractivity contribution in [1.29, 1.82) is 0 Å². The SMILES string of the molecule is CC(=O)C1CC(=O)[C@@]2(C1)C(C)=CCC[C@@H]2C. The number of hydrogen-bond acceptors (Lipinski definition) is 2. The number of ketones is 2. The average molecular weight is 220 g/mol. The van der Waals surface area contributed by atoms with E-state index in [4.69, 9.17) is 0 Å². The molecule has 2 nitrogen and oxygen atoms in total. The molecule has 1 spiro atoms. The number of hydrogen-bond donors (Lipinski definition) is 0. The molecule has 0 saturated heterocycles. The first kappa shape index (κ1) is 11.6. The summed E-state index contributed by atoms with van der Waals surface area (Å²) in [4.78, 5) is 23.8. The summed E-state index contributed by atoms with van der Waals surface area (Å²) in [6.45, 7) is 5.84. The molecule has 0 aliphatic heterocycles. The highest BCUT2D eigenvalue weighted by Gasteiger charge is 2.52. The molecule has 2 heteroatoms. The predicted molar refractivity (Wildman–Crippen MR) is 63.0 cm³/mol. The molecule has 1 fully saturated rings. The number of rotatable bonds is 1. The van der Waals surface area contributed by atoms with Crippen molar-refractivity contribution in [3.8, 4) is 0 Å². The Kier molecular flexibility index (Phi) is 2.77. The van der Waals surface area contributed by atoms with Crippen molar-refractivity contribution in [1.82, 2.24) is 0 Å². The molecular formula is C14H20O2. The fraction of sp³-hybridized carbons (Fsp3) is 0.714. The molecule has 0 N–H and O–H groups in total. The van der Waals surface area contributed by atoms with E-state index in [1.165, 1.54) is 5.57 Å². The first-order chi connectivity index (χ1) is 7.48. The standard InChI is InChI=1S/C14H20O2/c1-9-5-4-6-10(2)14(9)8-12(11(3)15)7-13(14)16/h5,10,12H,4,6-8H2,1-3H3/t10-,12?,14-/m0/s1. The molecule has 0 aromatic carbocycles. The maximum Gasteiger partial charge on any atom is 0.144 e. The van der Waals surface area contributed by atoms with Gasteiger partial charge in [-0.3, -0.25) is 9.59 Å². The largest absolute Gasteiger partial charge is 0.300 e. The smallest absolute Gasteiger partial charge is 0.144 e. The minimum Gasteiger partial charge on any atom is -0.300 e. The van der Waals surface area contributed by atoms with Crippen LogP contribution in [0.1, 0.15) is 46.5 Å². The number of carbonyl (C=O) groups is 2. The zero-order valence-corrected chi connectivity index (χ0v) is 10.4. The number of Topliss-reactive ketones (excluding diaryl/α,β-unsaturated/α-hetero) is 2. The van der Waals surface area contributed by atoms with Gasteiger partial charge in [-0.05, 0) is 39.0 Å². The average Bonchev–Trinajstić information content (AvgIpc) is 2.55. The van der Waals surface area contributed by atoms with Gasteiger partial charge >= 0.3 is 0 Å². The van der Waals surface area contributed by atoms with Crippen molar-refractivity contribution in [2.45, 2.75) is 46.5 Å². The summed E-state index contributed by atoms with van der Waals surface area (Å²) in [7, 11) is 0. The molecule has 88 valence electrons. The van der Waals surface area contributed by atoms with Crippen LogP contribution < -0.4 is 0 Å². The van der Waals surface area contributed by atoms with Crippen molar-refractivity contribution in [2.75, 3.05) is 0 Å². The third kappa shape index (κ3) is 1.47. The fourth-order valence-corrected chi connectivity index (χ4v) is 3.49. The van der Waals surface area contributed by atoms with Gasteiger partial charge in [0.25, 0.3) is 0 Å². The highest BCUT2D eigenvalue weighted by atomic mass is 16.1. The first-order valence-electron chi connectivity index (χ1n) is 6.19. The molecule has 2 aliphatic rings. The monoisotopic (exact) mass is 220 g/mol. The van der Waals surface area contributed by atoms with Crippen LogP contribution >= 0.6 is 0 Å². The molecular weight excluding hydrogens is 200 g/mol. The molecule has 0 radical (unpaired) electrons. The van der Waals surface area contributed by atoms with Crippen LogP contribution in [0, 0.1) is 17.3 Å². The first-order valence-corrected chi connectivity index (χ1v) is 6.19. The van der Waals surface area contributed by atoms with Crippen LogP contribution in [0.2, 0.25) is 0 Å². The number of allylic oxidation sites excluding steroid dienone is 2. The fourth-order valence-electron chi connectivity index (χ4n) is 3.49. The van der Waals surface area contributed by atoms with Crippen LogP contribution in [0.15, 0.2) is 11.6 Å². The normalized spacial score (nSPS) is 38.9. The lowest BCUT2D eigenvalue weighted by molar-refractivity contribution is -0.127. The van der Waals surface area contributed by atoms with Gasteiger partial charge in [0.2, 0.25) is 0 Å². The Morgan fingerprint density at radius 1 is 1.50 bits per heavy atom. The lowest BCUT2D eigenvalue weighted by Gasteiger charge is -2.38. The summed E-state index contributed by atoms with van der Waals surface area (Å²) in [5.74, 6) is 0.843. The van der Waals surface area contributed by atoms with Gasteiger partial charge in [0.1, 0.15) is 11.6 Å². The van der Waals surface area contributed by atoms with E-state index in [-0.39, 0.29) is 17.1 Å². The zero-order valence-electron chi connectivity index (χ0n) is 10.4. The molecule has 3 atom stereocenters. The molecule has 1 saturated carbocycles. The maximum absolute atomic E-state index is 12.3. The van der Waals surface area contributed by atoms with Crippen molar-refractivity contribution >= 4 is 11.6 Å². The molecule has 16 heavy (non-hydrogen) atoms. The van der Waals surface area contributed by atoms with Crippen LogP contribution in [0.5, 0.6) is 0 Å². The minimum atomic E-state index is -0.297. The molecule has 0 amide bonds. The van der Waals surface area contributed by atoms with E-state index in [0.29, 0.717) is 18.1 Å². The summed E-state index contributed by atoms with van der Waals surface area (Å²) in [5.41, 5.74) is 0.911. The van der Waals surface area contributed by atoms with Crippen LogP contribution in [0.3, 0.4) is 0 Å². The molecule has 0 aromatic rings. The molecule has 2 rings (SSSR count). The van der Waals surface area contributed by atoms with Crippen molar-refractivity contribution in [3.63, 3.8) is 0 Å². The Morgan fingerprint density at radius 2 is 2.19 bits per heavy atom. The van der Waals surface area contributed by atoms with Gasteiger partial charge in [0, 0.05) is 12.3 Å². The Balaban J connectivity index is 2.37. The third-order valence-electron chi connectivity index (χ3n) is 4.67. The highest BCUT2D eigenvalue weighted by Crippen LogP contribution is 2.53. The van der Waals surface area contributed by atoms with Crippen LogP contribution in [-0.4, -0.2) is 11.6 Å². The van der Waals surface area contributed by atoms with Crippen molar-refractivity contribution in [2.24, 2.45) is 17.3 Å². The topological polar surface area (TPSA) is 34.1 Å². The van der Waals surface area contributed by atoms with Gasteiger partial charge in [0.15, 0.2) is 0 Å². The summed E-state index contributed by atoms with van der Waals surface area (Å²) >= 11 is 0. The van der Waals surface area contributed by atoms with Crippen LogP contribution in [0.25, 0.3) is 0 Å². The molecule has 0 bridgehead atoms. The van der Waals surface area contributed by atoms with E-state index < -0.39 is 0 Å². The maximum atomic E-state index is 12.3. The second-order valence-electron chi connectivity index (χ2n) is 5.48. The van der Waals surface area contributed by atoms with E-state index in [0.717, 1.165) is 19.3 Å². The molecule has 0 aromatic heterocycles. The second kappa shape index (κ2) is 3.83. The van der Waals surface area contributed by atoms with E-state index in [9.17, 15) is 9.59 Å². The van der Waals surface area contributed by atoms with Gasteiger partial charge in [-0.2, -0.15) is 0 Å². The van der Waals surface area contributed by atoms with Gasteiger partial charge in [-0.25, -0.2) is 0 Å². The Labute approximate surface area is 97.1 Å². The van der Waals surface area contributed by atoms with Gasteiger partial charge in [-0.1, -0.05) is 18.6 Å². The lowest BCUT2D eigenvalue weighted by atomic mass is 9.64. The Morgan fingerprint density at radius 3 is 2.69 bits per heavy atom. The van der Waals surface area contributed by atoms with Crippen LogP contribution in [0.4, 0.5) is 0 Å². The van der Waals surface area contributed by atoms with E-state index in [1.54, 1.807) is 6.92 Å². The lowest BCUT2D eigenvalue weighted by Crippen LogP contribution is -2.36. The van der Waals surface area contributed by atoms with Gasteiger partial charge < -0.3 is 0 Å². The van der Waals surface area contributed by atoms with Crippen LogP contribution in [-0.2, 0) is 9.59 Å². The zero-order chi connectivity index (χ0) is 11.9. The molecule has 0 heterocycles. The summed E-state index contributed by atoms with van der Waals surface area (Å²) in [5, 5.41) is 0. The number of carbonyl (C=O) groups excluding carboxylic acids is 2. The Hall–Kier alpha value is -0.920.